The second-order valence-electron chi connectivity index (χ2n) is 4.96. The van der Waals surface area contributed by atoms with Gasteiger partial charge in [0.25, 0.3) is 0 Å². The molecule has 0 aromatic heterocycles. The lowest BCUT2D eigenvalue weighted by molar-refractivity contribution is 0.0717. The van der Waals surface area contributed by atoms with Crippen LogP contribution in [0.5, 0.6) is 5.75 Å². The summed E-state index contributed by atoms with van der Waals surface area (Å²) < 4.78 is 5.69. The van der Waals surface area contributed by atoms with Gasteiger partial charge in [0.2, 0.25) is 0 Å². The molecule has 0 saturated heterocycles. The molecule has 0 aliphatic rings. The number of aliphatic hydroxyl groups is 1. The van der Waals surface area contributed by atoms with Crippen molar-refractivity contribution in [1.82, 2.24) is 4.90 Å². The number of fused-ring (bicyclic) bond motifs is 1. The number of ether oxygens (including phenoxy) is 1. The van der Waals surface area contributed by atoms with Crippen LogP contribution in [0.2, 0.25) is 0 Å². The molecule has 0 amide bonds. The van der Waals surface area contributed by atoms with Crippen LogP contribution in [-0.4, -0.2) is 42.4 Å². The maximum absolute atomic E-state index is 9.99. The van der Waals surface area contributed by atoms with E-state index >= 15 is 0 Å². The molecule has 0 spiro atoms. The van der Waals surface area contributed by atoms with Crippen molar-refractivity contribution in [2.24, 2.45) is 0 Å². The van der Waals surface area contributed by atoms with Crippen molar-refractivity contribution in [2.45, 2.75) is 20.0 Å². The van der Waals surface area contributed by atoms with E-state index in [1.54, 1.807) is 0 Å². The second-order valence-corrected chi connectivity index (χ2v) is 4.96. The van der Waals surface area contributed by atoms with Gasteiger partial charge in [0.05, 0.1) is 0 Å². The average molecular weight is 273 g/mol. The van der Waals surface area contributed by atoms with E-state index in [1.807, 2.05) is 30.3 Å². The number of hydrogen-bond donors (Lipinski definition) is 1. The molecule has 0 bridgehead atoms. The molecule has 1 atom stereocenters. The number of rotatable bonds is 7. The fourth-order valence-electron chi connectivity index (χ4n) is 2.28. The van der Waals surface area contributed by atoms with Crippen LogP contribution in [0.4, 0.5) is 0 Å². The van der Waals surface area contributed by atoms with Crippen LogP contribution < -0.4 is 4.74 Å². The van der Waals surface area contributed by atoms with Gasteiger partial charge in [-0.1, -0.05) is 44.2 Å². The fraction of sp³-hybridized carbons (Fsp3) is 0.412. The molecule has 0 heterocycles. The van der Waals surface area contributed by atoms with E-state index < -0.39 is 6.10 Å². The van der Waals surface area contributed by atoms with Crippen LogP contribution >= 0.6 is 0 Å². The molecule has 0 aliphatic heterocycles. The third-order valence-electron chi connectivity index (χ3n) is 3.53. The number of aliphatic hydroxyl groups excluding tert-OH is 1. The molecule has 1 N–H and O–H groups in total. The lowest BCUT2D eigenvalue weighted by Crippen LogP contribution is -2.35. The van der Waals surface area contributed by atoms with E-state index in [-0.39, 0.29) is 0 Å². The fourth-order valence-corrected chi connectivity index (χ4v) is 2.28. The van der Waals surface area contributed by atoms with Crippen molar-refractivity contribution in [2.75, 3.05) is 26.2 Å². The quantitative estimate of drug-likeness (QED) is 0.842. The Labute approximate surface area is 120 Å². The molecule has 3 heteroatoms. The lowest BCUT2D eigenvalue weighted by Gasteiger charge is -2.22. The highest BCUT2D eigenvalue weighted by atomic mass is 16.5. The minimum Gasteiger partial charge on any atom is -0.491 e. The van der Waals surface area contributed by atoms with Crippen LogP contribution in [-0.2, 0) is 0 Å². The Morgan fingerprint density at radius 1 is 1.05 bits per heavy atom. The van der Waals surface area contributed by atoms with Gasteiger partial charge in [-0.2, -0.15) is 0 Å². The zero-order valence-electron chi connectivity index (χ0n) is 12.2. The Morgan fingerprint density at radius 2 is 1.75 bits per heavy atom. The molecule has 2 aromatic carbocycles. The molecule has 0 fully saturated rings. The zero-order chi connectivity index (χ0) is 14.4. The van der Waals surface area contributed by atoms with Crippen molar-refractivity contribution in [3.8, 4) is 5.75 Å². The van der Waals surface area contributed by atoms with E-state index in [0.717, 1.165) is 24.2 Å². The van der Waals surface area contributed by atoms with E-state index in [4.69, 9.17) is 4.74 Å². The highest BCUT2D eigenvalue weighted by molar-refractivity contribution is 5.83. The standard InChI is InChI=1S/C17H23NO2/c1-3-18(4-2)12-16(19)13-20-17-10-9-14-7-5-6-8-15(14)11-17/h5-11,16,19H,3-4,12-13H2,1-2H3/t16-/m0/s1. The van der Waals surface area contributed by atoms with Crippen LogP contribution in [0.25, 0.3) is 10.8 Å². The van der Waals surface area contributed by atoms with Gasteiger partial charge in [-0.05, 0) is 36.0 Å². The van der Waals surface area contributed by atoms with Gasteiger partial charge in [0, 0.05) is 6.54 Å². The van der Waals surface area contributed by atoms with Gasteiger partial charge in [-0.15, -0.1) is 0 Å². The van der Waals surface area contributed by atoms with Crippen molar-refractivity contribution < 1.29 is 9.84 Å². The Bertz CT molecular complexity index is 537. The average Bonchev–Trinajstić information content (AvgIpc) is 2.50. The lowest BCUT2D eigenvalue weighted by atomic mass is 10.1. The molecule has 0 unspecified atom stereocenters. The Kier molecular flexibility index (Phi) is 5.39. The first-order chi connectivity index (χ1) is 9.72. The molecule has 0 aliphatic carbocycles. The Hall–Kier alpha value is -1.58. The molecule has 2 rings (SSSR count). The van der Waals surface area contributed by atoms with Crippen molar-refractivity contribution >= 4 is 10.8 Å². The van der Waals surface area contributed by atoms with Gasteiger partial charge in [-0.3, -0.25) is 0 Å². The summed E-state index contributed by atoms with van der Waals surface area (Å²) in [6.45, 7) is 7.07. The van der Waals surface area contributed by atoms with E-state index in [2.05, 4.69) is 30.9 Å². The molecule has 20 heavy (non-hydrogen) atoms. The number of benzene rings is 2. The normalized spacial score (nSPS) is 12.8. The maximum atomic E-state index is 9.99. The molecule has 0 saturated carbocycles. The highest BCUT2D eigenvalue weighted by Crippen LogP contribution is 2.20. The van der Waals surface area contributed by atoms with Crippen LogP contribution in [0.15, 0.2) is 42.5 Å². The largest absolute Gasteiger partial charge is 0.491 e. The summed E-state index contributed by atoms with van der Waals surface area (Å²) in [6, 6.07) is 14.2. The van der Waals surface area contributed by atoms with Crippen LogP contribution in [0, 0.1) is 0 Å². The molecule has 3 nitrogen and oxygen atoms in total. The van der Waals surface area contributed by atoms with Gasteiger partial charge >= 0.3 is 0 Å². The SMILES string of the molecule is CCN(CC)C[C@H](O)COc1ccc2ccccc2c1. The first-order valence-electron chi connectivity index (χ1n) is 7.25. The Morgan fingerprint density at radius 3 is 2.45 bits per heavy atom. The minimum absolute atomic E-state index is 0.328. The topological polar surface area (TPSA) is 32.7 Å². The van der Waals surface area contributed by atoms with Gasteiger partial charge in [0.15, 0.2) is 0 Å². The third kappa shape index (κ3) is 3.95. The van der Waals surface area contributed by atoms with Gasteiger partial charge in [-0.25, -0.2) is 0 Å². The summed E-state index contributed by atoms with van der Waals surface area (Å²) in [5, 5.41) is 12.3. The zero-order valence-corrected chi connectivity index (χ0v) is 12.2. The first-order valence-corrected chi connectivity index (χ1v) is 7.25. The summed E-state index contributed by atoms with van der Waals surface area (Å²) >= 11 is 0. The van der Waals surface area contributed by atoms with E-state index in [9.17, 15) is 5.11 Å². The molecular formula is C17H23NO2. The van der Waals surface area contributed by atoms with Crippen molar-refractivity contribution in [1.29, 1.82) is 0 Å². The summed E-state index contributed by atoms with van der Waals surface area (Å²) in [4.78, 5) is 2.19. The molecule has 108 valence electrons. The van der Waals surface area contributed by atoms with E-state index in [1.165, 1.54) is 5.39 Å². The predicted molar refractivity (Wildman–Crippen MR) is 83.2 cm³/mol. The number of likely N-dealkylation sites (N-methyl/N-ethyl adjacent to an activating group) is 1. The number of nitrogens with zero attached hydrogens (tertiary/aromatic N) is 1. The molecule has 2 aromatic rings. The van der Waals surface area contributed by atoms with E-state index in [0.29, 0.717) is 13.2 Å². The number of hydrogen-bond acceptors (Lipinski definition) is 3. The van der Waals surface area contributed by atoms with Crippen molar-refractivity contribution in [3.05, 3.63) is 42.5 Å². The molecular weight excluding hydrogens is 250 g/mol. The van der Waals surface area contributed by atoms with Gasteiger partial charge in [0.1, 0.15) is 18.5 Å². The second kappa shape index (κ2) is 7.27. The monoisotopic (exact) mass is 273 g/mol. The smallest absolute Gasteiger partial charge is 0.120 e. The van der Waals surface area contributed by atoms with Gasteiger partial charge < -0.3 is 14.7 Å². The minimum atomic E-state index is -0.457. The third-order valence-corrected chi connectivity index (χ3v) is 3.53. The summed E-state index contributed by atoms with van der Waals surface area (Å²) in [6.07, 6.45) is -0.457. The van der Waals surface area contributed by atoms with Crippen LogP contribution in [0.3, 0.4) is 0 Å². The summed E-state index contributed by atoms with van der Waals surface area (Å²) in [7, 11) is 0. The predicted octanol–water partition coefficient (Wildman–Crippen LogP) is 2.92. The summed E-state index contributed by atoms with van der Waals surface area (Å²) in [5.74, 6) is 0.808. The first kappa shape index (κ1) is 14.8. The highest BCUT2D eigenvalue weighted by Gasteiger charge is 2.09. The van der Waals surface area contributed by atoms with Crippen molar-refractivity contribution in [3.63, 3.8) is 0 Å². The maximum Gasteiger partial charge on any atom is 0.120 e. The summed E-state index contributed by atoms with van der Waals surface area (Å²) in [5.41, 5.74) is 0. The van der Waals surface area contributed by atoms with Crippen LogP contribution in [0.1, 0.15) is 13.8 Å². The Balaban J connectivity index is 1.92. The molecule has 0 radical (unpaired) electrons.